The minimum atomic E-state index is -1.17. The lowest BCUT2D eigenvalue weighted by molar-refractivity contribution is 0.986. The van der Waals surface area contributed by atoms with Gasteiger partial charge in [-0.3, -0.25) is 0 Å². The lowest BCUT2D eigenvalue weighted by Gasteiger charge is -2.26. The second-order valence-electron chi connectivity index (χ2n) is 8.19. The fourth-order valence-electron chi connectivity index (χ4n) is 2.87. The molecule has 0 saturated heterocycles. The van der Waals surface area contributed by atoms with Gasteiger partial charge in [-0.2, -0.15) is 0 Å². The number of hydrogen-bond donors (Lipinski definition) is 0. The van der Waals surface area contributed by atoms with Crippen LogP contribution in [0.5, 0.6) is 0 Å². The van der Waals surface area contributed by atoms with E-state index in [2.05, 4.69) is 74.9 Å². The summed E-state index contributed by atoms with van der Waals surface area (Å²) in [5, 5.41) is 0. The molecule has 0 bridgehead atoms. The fourth-order valence-corrected chi connectivity index (χ4v) is 5.54. The molecular weight excluding hydrogens is 272 g/mol. The van der Waals surface area contributed by atoms with E-state index < -0.39 is 16.1 Å². The van der Waals surface area contributed by atoms with Crippen molar-refractivity contribution in [2.45, 2.75) is 52.1 Å². The summed E-state index contributed by atoms with van der Waals surface area (Å²) < 4.78 is 0. The minimum Gasteiger partial charge on any atom is -0.0913 e. The van der Waals surface area contributed by atoms with Crippen molar-refractivity contribution in [1.82, 2.24) is 0 Å². The maximum Gasteiger partial charge on any atom is 0.0690 e. The molecule has 1 aromatic carbocycles. The average Bonchev–Trinajstić information content (AvgIpc) is 2.26. The van der Waals surface area contributed by atoms with Gasteiger partial charge in [-0.05, 0) is 35.1 Å². The molecule has 0 heterocycles. The zero-order valence-corrected chi connectivity index (χ0v) is 15.9. The monoisotopic (exact) mass is 300 g/mol. The SMILES string of the molecule is C[Si](C)(C)/C=C1/Cc2ccccc2C/C1=C\[Si](C)(C)C. The van der Waals surface area contributed by atoms with Gasteiger partial charge in [0.25, 0.3) is 0 Å². The van der Waals surface area contributed by atoms with Crippen molar-refractivity contribution in [3.8, 4) is 0 Å². The first-order valence-corrected chi connectivity index (χ1v) is 14.8. The van der Waals surface area contributed by atoms with Crippen LogP contribution < -0.4 is 0 Å². The molecule has 0 aliphatic heterocycles. The molecule has 0 saturated carbocycles. The quantitative estimate of drug-likeness (QED) is 0.642. The van der Waals surface area contributed by atoms with Gasteiger partial charge in [-0.1, -0.05) is 74.9 Å². The molecule has 108 valence electrons. The minimum absolute atomic E-state index is 1.14. The van der Waals surface area contributed by atoms with Gasteiger partial charge >= 0.3 is 0 Å². The molecule has 0 radical (unpaired) electrons. The van der Waals surface area contributed by atoms with Gasteiger partial charge in [0.1, 0.15) is 0 Å². The van der Waals surface area contributed by atoms with E-state index in [1.807, 2.05) is 0 Å². The van der Waals surface area contributed by atoms with Crippen molar-refractivity contribution in [3.05, 3.63) is 57.9 Å². The molecule has 0 fully saturated rings. The average molecular weight is 301 g/mol. The van der Waals surface area contributed by atoms with E-state index in [0.29, 0.717) is 0 Å². The van der Waals surface area contributed by atoms with Gasteiger partial charge in [-0.25, -0.2) is 0 Å². The lowest BCUT2D eigenvalue weighted by atomic mass is 9.86. The number of benzene rings is 1. The fraction of sp³-hybridized carbons (Fsp3) is 0.444. The van der Waals surface area contributed by atoms with Crippen LogP contribution in [0.3, 0.4) is 0 Å². The van der Waals surface area contributed by atoms with E-state index in [-0.39, 0.29) is 0 Å². The predicted octanol–water partition coefficient (Wildman–Crippen LogP) is 5.39. The molecule has 2 rings (SSSR count). The standard InChI is InChI=1S/C18H28Si2/c1-19(2,3)13-17-11-15-9-7-8-10-16(15)12-18(17)14-20(4,5)6/h7-10,13-14H,11-12H2,1-6H3/b17-13-,18-14+. The molecule has 0 atom stereocenters. The summed E-state index contributed by atoms with van der Waals surface area (Å²) in [6, 6.07) is 8.97. The van der Waals surface area contributed by atoms with Crippen LogP contribution in [0, 0.1) is 0 Å². The predicted molar refractivity (Wildman–Crippen MR) is 96.7 cm³/mol. The maximum atomic E-state index is 2.62. The Balaban J connectivity index is 2.48. The number of rotatable bonds is 2. The van der Waals surface area contributed by atoms with E-state index in [4.69, 9.17) is 0 Å². The number of hydrogen-bond acceptors (Lipinski definition) is 0. The largest absolute Gasteiger partial charge is 0.0913 e. The normalized spacial score (nSPS) is 20.3. The highest BCUT2D eigenvalue weighted by Gasteiger charge is 2.22. The third kappa shape index (κ3) is 4.32. The zero-order valence-electron chi connectivity index (χ0n) is 13.9. The van der Waals surface area contributed by atoms with Crippen LogP contribution in [-0.4, -0.2) is 16.1 Å². The molecule has 0 aromatic heterocycles. The van der Waals surface area contributed by atoms with Crippen LogP contribution >= 0.6 is 0 Å². The van der Waals surface area contributed by atoms with Crippen LogP contribution in [0.25, 0.3) is 0 Å². The summed E-state index contributed by atoms with van der Waals surface area (Å²) in [5.41, 5.74) is 11.5. The molecule has 20 heavy (non-hydrogen) atoms. The van der Waals surface area contributed by atoms with Gasteiger partial charge in [0.15, 0.2) is 0 Å². The Morgan fingerprint density at radius 3 is 1.35 bits per heavy atom. The molecule has 2 heteroatoms. The third-order valence-electron chi connectivity index (χ3n) is 3.51. The zero-order chi connectivity index (χ0) is 15.0. The lowest BCUT2D eigenvalue weighted by Crippen LogP contribution is -2.23. The topological polar surface area (TPSA) is 0 Å². The highest BCUT2D eigenvalue weighted by atomic mass is 28.3. The molecule has 1 aliphatic carbocycles. The Labute approximate surface area is 126 Å². The second kappa shape index (κ2) is 5.49. The summed E-state index contributed by atoms with van der Waals surface area (Å²) in [6.07, 6.45) is 2.27. The van der Waals surface area contributed by atoms with Gasteiger partial charge in [0.05, 0.1) is 16.1 Å². The molecule has 1 aromatic rings. The van der Waals surface area contributed by atoms with Gasteiger partial charge < -0.3 is 0 Å². The van der Waals surface area contributed by atoms with Gasteiger partial charge in [0, 0.05) is 0 Å². The first-order chi connectivity index (χ1) is 9.14. The summed E-state index contributed by atoms with van der Waals surface area (Å²) in [7, 11) is -2.34. The number of fused-ring (bicyclic) bond motifs is 1. The van der Waals surface area contributed by atoms with Crippen LogP contribution in [0.15, 0.2) is 46.8 Å². The van der Waals surface area contributed by atoms with Crippen molar-refractivity contribution < 1.29 is 0 Å². The van der Waals surface area contributed by atoms with Crippen LogP contribution in [0.4, 0.5) is 0 Å². The Morgan fingerprint density at radius 1 is 0.700 bits per heavy atom. The Hall–Kier alpha value is -0.866. The Kier molecular flexibility index (Phi) is 4.26. The molecule has 0 nitrogen and oxygen atoms in total. The smallest absolute Gasteiger partial charge is 0.0690 e. The Morgan fingerprint density at radius 2 is 1.05 bits per heavy atom. The molecule has 0 spiro atoms. The first-order valence-electron chi connectivity index (χ1n) is 7.65. The summed E-state index contributed by atoms with van der Waals surface area (Å²) in [4.78, 5) is 0. The van der Waals surface area contributed by atoms with E-state index >= 15 is 0 Å². The third-order valence-corrected chi connectivity index (χ3v) is 5.94. The van der Waals surface area contributed by atoms with E-state index in [9.17, 15) is 0 Å². The molecule has 0 N–H and O–H groups in total. The Bertz CT molecular complexity index is 501. The maximum absolute atomic E-state index is 2.62. The summed E-state index contributed by atoms with van der Waals surface area (Å²) in [6.45, 7) is 14.6. The summed E-state index contributed by atoms with van der Waals surface area (Å²) >= 11 is 0. The van der Waals surface area contributed by atoms with Crippen LogP contribution in [0.1, 0.15) is 11.1 Å². The van der Waals surface area contributed by atoms with Crippen molar-refractivity contribution in [2.75, 3.05) is 0 Å². The van der Waals surface area contributed by atoms with Gasteiger partial charge in [-0.15, -0.1) is 0 Å². The van der Waals surface area contributed by atoms with Crippen molar-refractivity contribution >= 4 is 16.1 Å². The van der Waals surface area contributed by atoms with Crippen molar-refractivity contribution in [2.24, 2.45) is 0 Å². The van der Waals surface area contributed by atoms with Crippen molar-refractivity contribution in [3.63, 3.8) is 0 Å². The van der Waals surface area contributed by atoms with E-state index in [0.717, 1.165) is 12.8 Å². The van der Waals surface area contributed by atoms with E-state index in [1.54, 1.807) is 11.1 Å². The first kappa shape index (κ1) is 15.5. The highest BCUT2D eigenvalue weighted by molar-refractivity contribution is 6.82. The van der Waals surface area contributed by atoms with Crippen LogP contribution in [0.2, 0.25) is 39.3 Å². The summed E-state index contributed by atoms with van der Waals surface area (Å²) in [5.74, 6) is 0. The molecular formula is C18H28Si2. The highest BCUT2D eigenvalue weighted by Crippen LogP contribution is 2.31. The van der Waals surface area contributed by atoms with Gasteiger partial charge in [0.2, 0.25) is 0 Å². The van der Waals surface area contributed by atoms with Crippen molar-refractivity contribution in [1.29, 1.82) is 0 Å². The van der Waals surface area contributed by atoms with E-state index in [1.165, 1.54) is 11.1 Å². The molecule has 0 unspecified atom stereocenters. The van der Waals surface area contributed by atoms with Crippen LogP contribution in [-0.2, 0) is 12.8 Å². The molecule has 1 aliphatic rings. The second-order valence-corrected chi connectivity index (χ2v) is 18.2. The number of allylic oxidation sites excluding steroid dienone is 2. The molecule has 0 amide bonds.